The van der Waals surface area contributed by atoms with E-state index in [1.54, 1.807) is 0 Å². The van der Waals surface area contributed by atoms with Crippen molar-refractivity contribution in [3.8, 4) is 0 Å². The minimum absolute atomic E-state index is 0.615. The number of aliphatic carboxylic acids is 1. The zero-order valence-electron chi connectivity index (χ0n) is 12.2. The van der Waals surface area contributed by atoms with Crippen LogP contribution in [-0.2, 0) is 11.3 Å². The van der Waals surface area contributed by atoms with Gasteiger partial charge in [-0.2, -0.15) is 0 Å². The fourth-order valence-electron chi connectivity index (χ4n) is 3.22. The lowest BCUT2D eigenvalue weighted by atomic mass is 9.82. The van der Waals surface area contributed by atoms with Crippen LogP contribution >= 0.6 is 0 Å². The Balaban J connectivity index is 1.84. The Kier molecular flexibility index (Phi) is 3.64. The van der Waals surface area contributed by atoms with Crippen molar-refractivity contribution in [1.29, 1.82) is 0 Å². The maximum absolute atomic E-state index is 11.5. The highest BCUT2D eigenvalue weighted by Gasteiger charge is 2.37. The van der Waals surface area contributed by atoms with E-state index in [-0.39, 0.29) is 0 Å². The van der Waals surface area contributed by atoms with Gasteiger partial charge < -0.3 is 5.11 Å². The summed E-state index contributed by atoms with van der Waals surface area (Å²) in [7, 11) is 0. The molecular formula is C17H20N2O2. The molecule has 0 spiro atoms. The van der Waals surface area contributed by atoms with Gasteiger partial charge >= 0.3 is 5.97 Å². The van der Waals surface area contributed by atoms with E-state index < -0.39 is 11.4 Å². The van der Waals surface area contributed by atoms with E-state index >= 15 is 0 Å². The predicted octanol–water partition coefficient (Wildman–Crippen LogP) is 2.92. The van der Waals surface area contributed by atoms with E-state index in [0.29, 0.717) is 6.54 Å². The third kappa shape index (κ3) is 2.76. The molecule has 0 aliphatic carbocycles. The third-order valence-corrected chi connectivity index (χ3v) is 4.46. The number of pyridine rings is 1. The summed E-state index contributed by atoms with van der Waals surface area (Å²) in [5.41, 5.74) is 0.620. The summed E-state index contributed by atoms with van der Waals surface area (Å²) in [6, 6.07) is 8.25. The minimum atomic E-state index is -0.686. The molecule has 2 aromatic rings. The van der Waals surface area contributed by atoms with E-state index in [0.717, 1.165) is 31.3 Å². The van der Waals surface area contributed by atoms with Crippen LogP contribution in [0.3, 0.4) is 0 Å². The lowest BCUT2D eigenvalue weighted by Gasteiger charge is -2.37. The molecule has 4 heteroatoms. The number of rotatable bonds is 3. The largest absolute Gasteiger partial charge is 0.481 e. The molecule has 0 amide bonds. The Morgan fingerprint density at radius 1 is 1.43 bits per heavy atom. The summed E-state index contributed by atoms with van der Waals surface area (Å²) in [4.78, 5) is 17.9. The van der Waals surface area contributed by atoms with Gasteiger partial charge in [0.2, 0.25) is 0 Å². The SMILES string of the molecule is C[C@@]1(C(=O)O)CCCN(Cc2cccc3cnccc23)C1. The van der Waals surface area contributed by atoms with Crippen molar-refractivity contribution in [2.24, 2.45) is 5.41 Å². The normalized spacial score (nSPS) is 23.3. The van der Waals surface area contributed by atoms with Crippen LogP contribution in [0.25, 0.3) is 10.8 Å². The van der Waals surface area contributed by atoms with Crippen molar-refractivity contribution in [3.63, 3.8) is 0 Å². The molecule has 0 unspecified atom stereocenters. The Morgan fingerprint density at radius 3 is 3.10 bits per heavy atom. The van der Waals surface area contributed by atoms with E-state index in [2.05, 4.69) is 22.0 Å². The molecule has 1 aromatic carbocycles. The van der Waals surface area contributed by atoms with E-state index in [4.69, 9.17) is 0 Å². The van der Waals surface area contributed by atoms with Gasteiger partial charge in [0.15, 0.2) is 0 Å². The molecule has 1 saturated heterocycles. The van der Waals surface area contributed by atoms with Crippen LogP contribution in [0.15, 0.2) is 36.7 Å². The number of likely N-dealkylation sites (tertiary alicyclic amines) is 1. The van der Waals surface area contributed by atoms with Crippen LogP contribution in [-0.4, -0.2) is 34.0 Å². The molecule has 1 atom stereocenters. The number of piperidine rings is 1. The summed E-state index contributed by atoms with van der Waals surface area (Å²) in [5.74, 6) is -0.686. The van der Waals surface area contributed by atoms with Crippen molar-refractivity contribution >= 4 is 16.7 Å². The first-order valence-electron chi connectivity index (χ1n) is 7.36. The first-order valence-corrected chi connectivity index (χ1v) is 7.36. The van der Waals surface area contributed by atoms with Gasteiger partial charge in [-0.05, 0) is 43.3 Å². The number of hydrogen-bond donors (Lipinski definition) is 1. The van der Waals surface area contributed by atoms with E-state index in [1.807, 2.05) is 31.5 Å². The molecule has 1 aromatic heterocycles. The van der Waals surface area contributed by atoms with Crippen molar-refractivity contribution < 1.29 is 9.90 Å². The quantitative estimate of drug-likeness (QED) is 0.941. The van der Waals surface area contributed by atoms with Crippen molar-refractivity contribution in [3.05, 3.63) is 42.2 Å². The molecule has 2 heterocycles. The van der Waals surface area contributed by atoms with Gasteiger partial charge in [-0.3, -0.25) is 14.7 Å². The van der Waals surface area contributed by atoms with Gasteiger partial charge in [-0.25, -0.2) is 0 Å². The highest BCUT2D eigenvalue weighted by atomic mass is 16.4. The Bertz CT molecular complexity index is 665. The molecule has 0 bridgehead atoms. The van der Waals surface area contributed by atoms with Crippen molar-refractivity contribution in [2.45, 2.75) is 26.3 Å². The summed E-state index contributed by atoms with van der Waals surface area (Å²) in [6.07, 6.45) is 5.38. The molecule has 1 aliphatic rings. The average molecular weight is 284 g/mol. The number of aromatic nitrogens is 1. The summed E-state index contributed by atoms with van der Waals surface area (Å²) in [5, 5.41) is 11.8. The number of carboxylic acid groups (broad SMARTS) is 1. The maximum atomic E-state index is 11.5. The lowest BCUT2D eigenvalue weighted by molar-refractivity contribution is -0.151. The molecular weight excluding hydrogens is 264 g/mol. The number of carboxylic acids is 1. The fraction of sp³-hybridized carbons (Fsp3) is 0.412. The molecule has 1 N–H and O–H groups in total. The van der Waals surface area contributed by atoms with Gasteiger partial charge in [-0.1, -0.05) is 18.2 Å². The second-order valence-corrected chi connectivity index (χ2v) is 6.19. The van der Waals surface area contributed by atoms with Gasteiger partial charge in [-0.15, -0.1) is 0 Å². The fourth-order valence-corrected chi connectivity index (χ4v) is 3.22. The number of hydrogen-bond acceptors (Lipinski definition) is 3. The van der Waals surface area contributed by atoms with Crippen LogP contribution in [0.1, 0.15) is 25.3 Å². The first-order chi connectivity index (χ1) is 10.1. The molecule has 0 saturated carbocycles. The van der Waals surface area contributed by atoms with E-state index in [1.165, 1.54) is 10.9 Å². The first kappa shape index (κ1) is 14.0. The lowest BCUT2D eigenvalue weighted by Crippen LogP contribution is -2.45. The Labute approximate surface area is 124 Å². The zero-order valence-corrected chi connectivity index (χ0v) is 12.2. The van der Waals surface area contributed by atoms with Crippen molar-refractivity contribution in [1.82, 2.24) is 9.88 Å². The van der Waals surface area contributed by atoms with Gasteiger partial charge in [0.1, 0.15) is 0 Å². The number of carbonyl (C=O) groups is 1. The summed E-state index contributed by atoms with van der Waals surface area (Å²) < 4.78 is 0. The minimum Gasteiger partial charge on any atom is -0.481 e. The van der Waals surface area contributed by atoms with Crippen LogP contribution in [0.2, 0.25) is 0 Å². The van der Waals surface area contributed by atoms with Gasteiger partial charge in [0.05, 0.1) is 5.41 Å². The highest BCUT2D eigenvalue weighted by molar-refractivity contribution is 5.84. The number of benzene rings is 1. The van der Waals surface area contributed by atoms with Crippen LogP contribution in [0.5, 0.6) is 0 Å². The van der Waals surface area contributed by atoms with Gasteiger partial charge in [0.25, 0.3) is 0 Å². The maximum Gasteiger partial charge on any atom is 0.310 e. The summed E-state index contributed by atoms with van der Waals surface area (Å²) in [6.45, 7) is 4.23. The highest BCUT2D eigenvalue weighted by Crippen LogP contribution is 2.31. The van der Waals surface area contributed by atoms with Crippen LogP contribution in [0.4, 0.5) is 0 Å². The standard InChI is InChI=1S/C17H20N2O2/c1-17(16(20)21)7-3-9-19(12-17)11-14-5-2-4-13-10-18-8-6-15(13)14/h2,4-6,8,10H,3,7,9,11-12H2,1H3,(H,20,21)/t17-/m1/s1. The van der Waals surface area contributed by atoms with E-state index in [9.17, 15) is 9.90 Å². The number of fused-ring (bicyclic) bond motifs is 1. The topological polar surface area (TPSA) is 53.4 Å². The monoisotopic (exact) mass is 284 g/mol. The third-order valence-electron chi connectivity index (χ3n) is 4.46. The second kappa shape index (κ2) is 5.45. The molecule has 0 radical (unpaired) electrons. The second-order valence-electron chi connectivity index (χ2n) is 6.19. The molecule has 3 rings (SSSR count). The molecule has 110 valence electrons. The molecule has 4 nitrogen and oxygen atoms in total. The van der Waals surface area contributed by atoms with Crippen LogP contribution in [0, 0.1) is 5.41 Å². The predicted molar refractivity (Wildman–Crippen MR) is 82.0 cm³/mol. The molecule has 21 heavy (non-hydrogen) atoms. The molecule has 1 aliphatic heterocycles. The van der Waals surface area contributed by atoms with Crippen LogP contribution < -0.4 is 0 Å². The zero-order chi connectivity index (χ0) is 14.9. The van der Waals surface area contributed by atoms with Gasteiger partial charge in [0, 0.05) is 30.9 Å². The van der Waals surface area contributed by atoms with Crippen molar-refractivity contribution in [2.75, 3.05) is 13.1 Å². The Morgan fingerprint density at radius 2 is 2.29 bits per heavy atom. The summed E-state index contributed by atoms with van der Waals surface area (Å²) >= 11 is 0. The molecule has 1 fully saturated rings. The number of nitrogens with zero attached hydrogens (tertiary/aromatic N) is 2. The smallest absolute Gasteiger partial charge is 0.310 e. The average Bonchev–Trinajstić information content (AvgIpc) is 2.48. The Hall–Kier alpha value is -1.94.